The number of halogens is 1. The number of rotatable bonds is 6. The van der Waals surface area contributed by atoms with Gasteiger partial charge < -0.3 is 15.0 Å². The monoisotopic (exact) mass is 401 g/mol. The van der Waals surface area contributed by atoms with Crippen molar-refractivity contribution in [3.63, 3.8) is 0 Å². The Bertz CT molecular complexity index is 826. The standard InChI is InChI=1S/C21H24ClN3O3/c1-2-28-19-12-15(9-10-23-19)13-24-20(26)17-4-3-11-25(14-17)21(27)16-5-7-18(22)8-6-16/h5-10,12,17H,2-4,11,13-14H2,1H3,(H,24,26). The van der Waals surface area contributed by atoms with E-state index in [0.29, 0.717) is 42.7 Å². The number of carbonyl (C=O) groups is 2. The van der Waals surface area contributed by atoms with Crippen molar-refractivity contribution in [2.75, 3.05) is 19.7 Å². The lowest BCUT2D eigenvalue weighted by Gasteiger charge is -2.32. The smallest absolute Gasteiger partial charge is 0.253 e. The van der Waals surface area contributed by atoms with Crippen LogP contribution in [0.25, 0.3) is 0 Å². The van der Waals surface area contributed by atoms with Gasteiger partial charge in [-0.3, -0.25) is 9.59 Å². The molecule has 1 atom stereocenters. The Hall–Kier alpha value is -2.60. The fourth-order valence-corrected chi connectivity index (χ4v) is 3.40. The Labute approximate surface area is 169 Å². The Kier molecular flexibility index (Phi) is 6.87. The van der Waals surface area contributed by atoms with E-state index in [1.807, 2.05) is 19.1 Å². The molecule has 0 saturated carbocycles. The summed E-state index contributed by atoms with van der Waals surface area (Å²) in [6.07, 6.45) is 3.25. The molecule has 1 unspecified atom stereocenters. The third-order valence-corrected chi connectivity index (χ3v) is 4.98. The molecule has 0 radical (unpaired) electrons. The van der Waals surface area contributed by atoms with E-state index >= 15 is 0 Å². The number of nitrogens with one attached hydrogen (secondary N) is 1. The minimum absolute atomic E-state index is 0.0385. The molecule has 1 aliphatic rings. The van der Waals surface area contributed by atoms with Crippen molar-refractivity contribution in [3.8, 4) is 5.88 Å². The Morgan fingerprint density at radius 3 is 2.82 bits per heavy atom. The molecule has 6 nitrogen and oxygen atoms in total. The van der Waals surface area contributed by atoms with E-state index in [0.717, 1.165) is 18.4 Å². The molecule has 0 bridgehead atoms. The average Bonchev–Trinajstić information content (AvgIpc) is 2.73. The maximum absolute atomic E-state index is 12.7. The molecule has 2 amide bonds. The van der Waals surface area contributed by atoms with Gasteiger partial charge in [0.05, 0.1) is 12.5 Å². The van der Waals surface area contributed by atoms with Gasteiger partial charge in [0.1, 0.15) is 0 Å². The third kappa shape index (κ3) is 5.23. The van der Waals surface area contributed by atoms with Gasteiger partial charge in [-0.1, -0.05) is 11.6 Å². The molecular formula is C21H24ClN3O3. The van der Waals surface area contributed by atoms with Gasteiger partial charge in [0.25, 0.3) is 5.91 Å². The molecule has 0 spiro atoms. The van der Waals surface area contributed by atoms with E-state index in [2.05, 4.69) is 10.3 Å². The van der Waals surface area contributed by atoms with Crippen LogP contribution in [-0.2, 0) is 11.3 Å². The lowest BCUT2D eigenvalue weighted by molar-refractivity contribution is -0.126. The zero-order valence-corrected chi connectivity index (χ0v) is 16.6. The number of piperidine rings is 1. The van der Waals surface area contributed by atoms with Crippen LogP contribution in [0.1, 0.15) is 35.7 Å². The van der Waals surface area contributed by atoms with Crippen LogP contribution in [-0.4, -0.2) is 41.4 Å². The van der Waals surface area contributed by atoms with Crippen LogP contribution in [0, 0.1) is 5.92 Å². The van der Waals surface area contributed by atoms with Gasteiger partial charge in [-0.05, 0) is 55.7 Å². The van der Waals surface area contributed by atoms with Crippen LogP contribution >= 0.6 is 11.6 Å². The summed E-state index contributed by atoms with van der Waals surface area (Å²) in [6, 6.07) is 10.5. The van der Waals surface area contributed by atoms with Crippen molar-refractivity contribution in [1.82, 2.24) is 15.2 Å². The molecule has 1 aliphatic heterocycles. The van der Waals surface area contributed by atoms with Crippen molar-refractivity contribution in [3.05, 3.63) is 58.7 Å². The predicted molar refractivity (Wildman–Crippen MR) is 107 cm³/mol. The van der Waals surface area contributed by atoms with Crippen LogP contribution in [0.2, 0.25) is 5.02 Å². The fourth-order valence-electron chi connectivity index (χ4n) is 3.27. The molecule has 148 valence electrons. The van der Waals surface area contributed by atoms with E-state index in [1.165, 1.54) is 0 Å². The topological polar surface area (TPSA) is 71.5 Å². The molecule has 0 aliphatic carbocycles. The number of nitrogens with zero attached hydrogens (tertiary/aromatic N) is 2. The summed E-state index contributed by atoms with van der Waals surface area (Å²) in [5, 5.41) is 3.56. The second-order valence-corrected chi connectivity index (χ2v) is 7.19. The summed E-state index contributed by atoms with van der Waals surface area (Å²) in [5.41, 5.74) is 1.52. The number of hydrogen-bond acceptors (Lipinski definition) is 4. The van der Waals surface area contributed by atoms with Gasteiger partial charge in [0.2, 0.25) is 11.8 Å². The number of carbonyl (C=O) groups excluding carboxylic acids is 2. The first kappa shape index (κ1) is 20.1. The van der Waals surface area contributed by atoms with E-state index in [1.54, 1.807) is 35.4 Å². The highest BCUT2D eigenvalue weighted by molar-refractivity contribution is 6.30. The molecule has 1 N–H and O–H groups in total. The molecular weight excluding hydrogens is 378 g/mol. The quantitative estimate of drug-likeness (QED) is 0.806. The van der Waals surface area contributed by atoms with Crippen LogP contribution < -0.4 is 10.1 Å². The number of benzene rings is 1. The largest absolute Gasteiger partial charge is 0.478 e. The SMILES string of the molecule is CCOc1cc(CNC(=O)C2CCCN(C(=O)c3ccc(Cl)cc3)C2)ccn1. The van der Waals surface area contributed by atoms with E-state index < -0.39 is 0 Å². The van der Waals surface area contributed by atoms with Crippen LogP contribution in [0.3, 0.4) is 0 Å². The van der Waals surface area contributed by atoms with Crippen molar-refractivity contribution >= 4 is 23.4 Å². The van der Waals surface area contributed by atoms with E-state index in [-0.39, 0.29) is 17.7 Å². The van der Waals surface area contributed by atoms with Gasteiger partial charge >= 0.3 is 0 Å². The molecule has 3 rings (SSSR count). The van der Waals surface area contributed by atoms with Gasteiger partial charge in [0, 0.05) is 42.5 Å². The summed E-state index contributed by atoms with van der Waals surface area (Å²) < 4.78 is 5.38. The van der Waals surface area contributed by atoms with Crippen molar-refractivity contribution in [1.29, 1.82) is 0 Å². The summed E-state index contributed by atoms with van der Waals surface area (Å²) in [5.74, 6) is 0.234. The summed E-state index contributed by atoms with van der Waals surface area (Å²) >= 11 is 5.89. The summed E-state index contributed by atoms with van der Waals surface area (Å²) in [6.45, 7) is 3.93. The number of amides is 2. The highest BCUT2D eigenvalue weighted by Gasteiger charge is 2.28. The molecule has 1 aromatic carbocycles. The number of aromatic nitrogens is 1. The zero-order valence-electron chi connectivity index (χ0n) is 15.9. The van der Waals surface area contributed by atoms with Gasteiger partial charge in [-0.15, -0.1) is 0 Å². The number of likely N-dealkylation sites (tertiary alicyclic amines) is 1. The first-order chi connectivity index (χ1) is 13.6. The van der Waals surface area contributed by atoms with Crippen molar-refractivity contribution in [2.45, 2.75) is 26.3 Å². The molecule has 1 saturated heterocycles. The molecule has 2 heterocycles. The Morgan fingerprint density at radius 1 is 1.29 bits per heavy atom. The lowest BCUT2D eigenvalue weighted by atomic mass is 9.96. The van der Waals surface area contributed by atoms with E-state index in [9.17, 15) is 9.59 Å². The number of pyridine rings is 1. The van der Waals surface area contributed by atoms with Crippen molar-refractivity contribution in [2.24, 2.45) is 5.92 Å². The lowest BCUT2D eigenvalue weighted by Crippen LogP contribution is -2.45. The number of hydrogen-bond donors (Lipinski definition) is 1. The fraction of sp³-hybridized carbons (Fsp3) is 0.381. The molecule has 7 heteroatoms. The van der Waals surface area contributed by atoms with Crippen LogP contribution in [0.15, 0.2) is 42.6 Å². The van der Waals surface area contributed by atoms with Gasteiger partial charge in [-0.25, -0.2) is 4.98 Å². The second-order valence-electron chi connectivity index (χ2n) is 6.75. The Balaban J connectivity index is 1.56. The third-order valence-electron chi connectivity index (χ3n) is 4.73. The molecule has 28 heavy (non-hydrogen) atoms. The van der Waals surface area contributed by atoms with E-state index in [4.69, 9.17) is 16.3 Å². The minimum atomic E-state index is -0.210. The molecule has 2 aromatic rings. The minimum Gasteiger partial charge on any atom is -0.478 e. The molecule has 1 aromatic heterocycles. The highest BCUT2D eigenvalue weighted by atomic mass is 35.5. The Morgan fingerprint density at radius 2 is 2.07 bits per heavy atom. The van der Waals surface area contributed by atoms with Crippen LogP contribution in [0.5, 0.6) is 5.88 Å². The van der Waals surface area contributed by atoms with Gasteiger partial charge in [0.15, 0.2) is 0 Å². The normalized spacial score (nSPS) is 16.5. The predicted octanol–water partition coefficient (Wildman–Crippen LogP) is 3.30. The first-order valence-electron chi connectivity index (χ1n) is 9.47. The van der Waals surface area contributed by atoms with Crippen molar-refractivity contribution < 1.29 is 14.3 Å². The van der Waals surface area contributed by atoms with Crippen LogP contribution in [0.4, 0.5) is 0 Å². The number of ether oxygens (including phenoxy) is 1. The second kappa shape index (κ2) is 9.55. The molecule has 1 fully saturated rings. The highest BCUT2D eigenvalue weighted by Crippen LogP contribution is 2.20. The zero-order chi connectivity index (χ0) is 19.9. The summed E-state index contributed by atoms with van der Waals surface area (Å²) in [7, 11) is 0. The summed E-state index contributed by atoms with van der Waals surface area (Å²) in [4.78, 5) is 31.2. The van der Waals surface area contributed by atoms with Gasteiger partial charge in [-0.2, -0.15) is 0 Å². The maximum Gasteiger partial charge on any atom is 0.253 e. The first-order valence-corrected chi connectivity index (χ1v) is 9.85. The maximum atomic E-state index is 12.7. The average molecular weight is 402 g/mol.